The van der Waals surface area contributed by atoms with Gasteiger partial charge in [-0.15, -0.1) is 0 Å². The van der Waals surface area contributed by atoms with Crippen LogP contribution in [-0.2, 0) is 5.41 Å². The van der Waals surface area contributed by atoms with Crippen molar-refractivity contribution < 1.29 is 4.39 Å². The van der Waals surface area contributed by atoms with E-state index in [4.69, 9.17) is 23.8 Å². The predicted molar refractivity (Wildman–Crippen MR) is 78.5 cm³/mol. The normalized spacial score (nSPS) is 11.6. The van der Waals surface area contributed by atoms with Crippen LogP contribution in [0, 0.1) is 10.5 Å². The second kappa shape index (κ2) is 5.02. The summed E-state index contributed by atoms with van der Waals surface area (Å²) < 4.78 is 13.9. The lowest BCUT2D eigenvalue weighted by atomic mass is 9.95. The van der Waals surface area contributed by atoms with Crippen molar-refractivity contribution in [2.75, 3.05) is 0 Å². The van der Waals surface area contributed by atoms with Gasteiger partial charge in [0.05, 0.1) is 0 Å². The van der Waals surface area contributed by atoms with Gasteiger partial charge in [0.1, 0.15) is 16.3 Å². The summed E-state index contributed by atoms with van der Waals surface area (Å²) in [6.45, 7) is 6.09. The average molecular weight is 297 g/mol. The van der Waals surface area contributed by atoms with Gasteiger partial charge in [-0.2, -0.15) is 0 Å². The van der Waals surface area contributed by atoms with Crippen molar-refractivity contribution in [3.05, 3.63) is 45.6 Å². The van der Waals surface area contributed by atoms with Gasteiger partial charge < -0.3 is 4.98 Å². The fourth-order valence-corrected chi connectivity index (χ4v) is 2.11. The van der Waals surface area contributed by atoms with Gasteiger partial charge in [-0.25, -0.2) is 9.37 Å². The van der Waals surface area contributed by atoms with Crippen LogP contribution in [0.3, 0.4) is 0 Å². The van der Waals surface area contributed by atoms with Gasteiger partial charge in [0.25, 0.3) is 0 Å². The van der Waals surface area contributed by atoms with Crippen molar-refractivity contribution in [2.45, 2.75) is 26.2 Å². The van der Waals surface area contributed by atoms with E-state index in [9.17, 15) is 4.39 Å². The Morgan fingerprint density at radius 2 is 1.89 bits per heavy atom. The molecule has 1 aromatic carbocycles. The molecular weight excluding hydrogens is 283 g/mol. The standard InChI is InChI=1S/C14H14ClFN2S/c1-14(2,3)13-17-11(7-12(19)18-13)8-4-9(15)6-10(16)5-8/h4-7H,1-3H3,(H,17,18,19). The van der Waals surface area contributed by atoms with Crippen molar-refractivity contribution in [1.29, 1.82) is 0 Å². The van der Waals surface area contributed by atoms with Crippen LogP contribution in [0.15, 0.2) is 24.3 Å². The summed E-state index contributed by atoms with van der Waals surface area (Å²) in [6, 6.07) is 6.08. The monoisotopic (exact) mass is 296 g/mol. The average Bonchev–Trinajstić information content (AvgIpc) is 2.25. The summed E-state index contributed by atoms with van der Waals surface area (Å²) in [5, 5.41) is 0.350. The first kappa shape index (κ1) is 14.2. The zero-order valence-electron chi connectivity index (χ0n) is 10.9. The highest BCUT2D eigenvalue weighted by atomic mass is 35.5. The number of halogens is 2. The Kier molecular flexibility index (Phi) is 3.74. The van der Waals surface area contributed by atoms with Gasteiger partial charge in [0, 0.05) is 21.7 Å². The molecular formula is C14H14ClFN2S. The van der Waals surface area contributed by atoms with Crippen molar-refractivity contribution in [3.8, 4) is 11.3 Å². The quantitative estimate of drug-likeness (QED) is 0.759. The summed E-state index contributed by atoms with van der Waals surface area (Å²) >= 11 is 11.0. The van der Waals surface area contributed by atoms with Gasteiger partial charge in [-0.05, 0) is 24.3 Å². The summed E-state index contributed by atoms with van der Waals surface area (Å²) in [4.78, 5) is 7.50. The highest BCUT2D eigenvalue weighted by molar-refractivity contribution is 7.71. The highest BCUT2D eigenvalue weighted by Crippen LogP contribution is 2.25. The van der Waals surface area contributed by atoms with E-state index in [-0.39, 0.29) is 11.2 Å². The number of H-pyrrole nitrogens is 1. The molecule has 1 N–H and O–H groups in total. The van der Waals surface area contributed by atoms with Crippen LogP contribution in [0.5, 0.6) is 0 Å². The first-order chi connectivity index (χ1) is 8.75. The van der Waals surface area contributed by atoms with E-state index in [2.05, 4.69) is 9.97 Å². The molecule has 0 radical (unpaired) electrons. The predicted octanol–water partition coefficient (Wildman–Crippen LogP) is 4.90. The number of nitrogens with one attached hydrogen (secondary N) is 1. The van der Waals surface area contributed by atoms with Gasteiger partial charge in [-0.1, -0.05) is 44.6 Å². The Balaban J connectivity index is 2.63. The molecule has 0 aliphatic heterocycles. The van der Waals surface area contributed by atoms with E-state index in [1.165, 1.54) is 12.1 Å². The molecule has 100 valence electrons. The maximum absolute atomic E-state index is 13.4. The largest absolute Gasteiger partial charge is 0.343 e. The molecule has 2 rings (SSSR count). The summed E-state index contributed by atoms with van der Waals surface area (Å²) in [6.07, 6.45) is 0. The fraction of sp³-hybridized carbons (Fsp3) is 0.286. The van der Waals surface area contributed by atoms with Gasteiger partial charge in [0.2, 0.25) is 0 Å². The van der Waals surface area contributed by atoms with Gasteiger partial charge in [-0.3, -0.25) is 0 Å². The first-order valence-electron chi connectivity index (χ1n) is 5.84. The van der Waals surface area contributed by atoms with Crippen molar-refractivity contribution in [1.82, 2.24) is 9.97 Å². The minimum absolute atomic E-state index is 0.166. The third kappa shape index (κ3) is 3.39. The highest BCUT2D eigenvalue weighted by Gasteiger charge is 2.17. The molecule has 0 fully saturated rings. The van der Waals surface area contributed by atoms with Crippen LogP contribution in [-0.4, -0.2) is 9.97 Å². The zero-order chi connectivity index (χ0) is 14.2. The number of rotatable bonds is 1. The number of hydrogen-bond acceptors (Lipinski definition) is 2. The van der Waals surface area contributed by atoms with E-state index in [1.807, 2.05) is 20.8 Å². The van der Waals surface area contributed by atoms with Crippen molar-refractivity contribution in [3.63, 3.8) is 0 Å². The molecule has 5 heteroatoms. The molecule has 0 amide bonds. The van der Waals surface area contributed by atoms with Crippen molar-refractivity contribution in [2.24, 2.45) is 0 Å². The number of aromatic nitrogens is 2. The van der Waals surface area contributed by atoms with E-state index in [0.717, 1.165) is 5.82 Å². The Hall–Kier alpha value is -1.26. The molecule has 0 aliphatic rings. The molecule has 2 nitrogen and oxygen atoms in total. The molecule has 2 aromatic rings. The molecule has 0 saturated heterocycles. The van der Waals surface area contributed by atoms with Gasteiger partial charge in [0.15, 0.2) is 0 Å². The first-order valence-corrected chi connectivity index (χ1v) is 6.62. The molecule has 0 bridgehead atoms. The molecule has 0 atom stereocenters. The van der Waals surface area contributed by atoms with E-state index in [0.29, 0.717) is 20.9 Å². The van der Waals surface area contributed by atoms with Crippen LogP contribution in [0.2, 0.25) is 5.02 Å². The molecule has 1 heterocycles. The minimum Gasteiger partial charge on any atom is -0.343 e. The second-order valence-electron chi connectivity index (χ2n) is 5.39. The summed E-state index contributed by atoms with van der Waals surface area (Å²) in [7, 11) is 0. The van der Waals surface area contributed by atoms with Crippen LogP contribution >= 0.6 is 23.8 Å². The van der Waals surface area contributed by atoms with Gasteiger partial charge >= 0.3 is 0 Å². The van der Waals surface area contributed by atoms with E-state index >= 15 is 0 Å². The number of aromatic amines is 1. The molecule has 0 saturated carbocycles. The smallest absolute Gasteiger partial charge is 0.130 e. The Morgan fingerprint density at radius 1 is 1.21 bits per heavy atom. The third-order valence-corrected chi connectivity index (χ3v) is 3.05. The number of benzene rings is 1. The lowest BCUT2D eigenvalue weighted by Crippen LogP contribution is -2.16. The Labute approximate surface area is 121 Å². The van der Waals surface area contributed by atoms with Crippen LogP contribution in [0.1, 0.15) is 26.6 Å². The number of hydrogen-bond donors (Lipinski definition) is 1. The third-order valence-electron chi connectivity index (χ3n) is 2.63. The van der Waals surface area contributed by atoms with E-state index in [1.54, 1.807) is 12.1 Å². The fourth-order valence-electron chi connectivity index (χ4n) is 1.68. The lowest BCUT2D eigenvalue weighted by molar-refractivity contribution is 0.545. The van der Waals surface area contributed by atoms with Crippen LogP contribution < -0.4 is 0 Å². The lowest BCUT2D eigenvalue weighted by Gasteiger charge is -2.18. The number of nitrogens with zero attached hydrogens (tertiary/aromatic N) is 1. The second-order valence-corrected chi connectivity index (χ2v) is 6.24. The maximum atomic E-state index is 13.4. The molecule has 0 aliphatic carbocycles. The topological polar surface area (TPSA) is 28.7 Å². The SMILES string of the molecule is CC(C)(C)c1nc(=S)cc(-c2cc(F)cc(Cl)c2)[nH]1. The molecule has 1 aromatic heterocycles. The summed E-state index contributed by atoms with van der Waals surface area (Å²) in [5.41, 5.74) is 1.20. The minimum atomic E-state index is -0.379. The Bertz CT molecular complexity index is 654. The van der Waals surface area contributed by atoms with Crippen molar-refractivity contribution >= 4 is 23.8 Å². The summed E-state index contributed by atoms with van der Waals surface area (Å²) in [5.74, 6) is 0.381. The molecule has 0 unspecified atom stereocenters. The molecule has 19 heavy (non-hydrogen) atoms. The van der Waals surface area contributed by atoms with Crippen LogP contribution in [0.4, 0.5) is 4.39 Å². The zero-order valence-corrected chi connectivity index (χ0v) is 12.5. The maximum Gasteiger partial charge on any atom is 0.130 e. The Morgan fingerprint density at radius 3 is 2.47 bits per heavy atom. The molecule has 0 spiro atoms. The van der Waals surface area contributed by atoms with E-state index < -0.39 is 0 Å². The van der Waals surface area contributed by atoms with Crippen LogP contribution in [0.25, 0.3) is 11.3 Å².